The maximum atomic E-state index is 10.7. The molecule has 0 saturated carbocycles. The van der Waals surface area contributed by atoms with Crippen molar-refractivity contribution in [2.45, 2.75) is 32.4 Å². The highest BCUT2D eigenvalue weighted by atomic mass is 32.1. The van der Waals surface area contributed by atoms with E-state index in [2.05, 4.69) is 43.8 Å². The number of fused-ring (bicyclic) bond motifs is 1. The fourth-order valence-corrected chi connectivity index (χ4v) is 4.60. The standard InChI is InChI=1S/C20H35N5O2S/c1-3-21-19(23-15-20(2,26)16-25-9-11-27-12-10-25)22-6-8-24-7-4-18-17(14-24)5-13-28-18/h5,13,26H,3-4,6-12,14-16H2,1-2H3,(H2,21,22,23). The summed E-state index contributed by atoms with van der Waals surface area (Å²) in [5, 5.41) is 19.6. The van der Waals surface area contributed by atoms with Gasteiger partial charge in [-0.05, 0) is 37.3 Å². The summed E-state index contributed by atoms with van der Waals surface area (Å²) in [5.41, 5.74) is 0.637. The molecule has 0 spiro atoms. The van der Waals surface area contributed by atoms with Crippen LogP contribution in [0.3, 0.4) is 0 Å². The second kappa shape index (κ2) is 10.5. The summed E-state index contributed by atoms with van der Waals surface area (Å²) in [6.07, 6.45) is 1.16. The van der Waals surface area contributed by atoms with Crippen molar-refractivity contribution in [3.05, 3.63) is 21.9 Å². The molecule has 0 amide bonds. The van der Waals surface area contributed by atoms with Crippen molar-refractivity contribution >= 4 is 17.3 Å². The van der Waals surface area contributed by atoms with Crippen LogP contribution in [0.1, 0.15) is 24.3 Å². The Kier molecular flexibility index (Phi) is 8.11. The minimum Gasteiger partial charge on any atom is -0.387 e. The fourth-order valence-electron chi connectivity index (χ4n) is 3.71. The lowest BCUT2D eigenvalue weighted by molar-refractivity contribution is -0.0180. The van der Waals surface area contributed by atoms with Crippen LogP contribution in [0.4, 0.5) is 0 Å². The van der Waals surface area contributed by atoms with Gasteiger partial charge in [-0.15, -0.1) is 11.3 Å². The first-order valence-corrected chi connectivity index (χ1v) is 11.3. The van der Waals surface area contributed by atoms with Gasteiger partial charge in [-0.2, -0.15) is 0 Å². The highest BCUT2D eigenvalue weighted by molar-refractivity contribution is 7.10. The van der Waals surface area contributed by atoms with Crippen LogP contribution in [-0.4, -0.2) is 92.0 Å². The van der Waals surface area contributed by atoms with Gasteiger partial charge in [0.2, 0.25) is 0 Å². The van der Waals surface area contributed by atoms with Gasteiger partial charge in [0, 0.05) is 57.2 Å². The van der Waals surface area contributed by atoms with Crippen LogP contribution >= 0.6 is 11.3 Å². The van der Waals surface area contributed by atoms with Crippen molar-refractivity contribution < 1.29 is 9.84 Å². The lowest BCUT2D eigenvalue weighted by atomic mass is 10.1. The Morgan fingerprint density at radius 3 is 2.89 bits per heavy atom. The number of nitrogens with zero attached hydrogens (tertiary/aromatic N) is 3. The minimum absolute atomic E-state index is 0.377. The van der Waals surface area contributed by atoms with E-state index in [-0.39, 0.29) is 0 Å². The zero-order valence-corrected chi connectivity index (χ0v) is 18.1. The summed E-state index contributed by atoms with van der Waals surface area (Å²) in [6.45, 7) is 13.0. The summed E-state index contributed by atoms with van der Waals surface area (Å²) in [5.74, 6) is 0.776. The number of ether oxygens (including phenoxy) is 1. The predicted octanol–water partition coefficient (Wildman–Crippen LogP) is 0.745. The van der Waals surface area contributed by atoms with E-state index in [1.807, 2.05) is 18.3 Å². The number of aliphatic hydroxyl groups is 1. The van der Waals surface area contributed by atoms with Crippen molar-refractivity contribution in [1.29, 1.82) is 0 Å². The molecular weight excluding hydrogens is 374 g/mol. The highest BCUT2D eigenvalue weighted by Gasteiger charge is 2.25. The number of thiophene rings is 1. The maximum Gasteiger partial charge on any atom is 0.191 e. The van der Waals surface area contributed by atoms with E-state index in [1.54, 1.807) is 4.88 Å². The fraction of sp³-hybridized carbons (Fsp3) is 0.750. The van der Waals surface area contributed by atoms with Crippen molar-refractivity contribution in [3.63, 3.8) is 0 Å². The van der Waals surface area contributed by atoms with Crippen LogP contribution in [0.2, 0.25) is 0 Å². The largest absolute Gasteiger partial charge is 0.387 e. The number of guanidine groups is 1. The number of aliphatic imine (C=N–C) groups is 1. The molecule has 1 saturated heterocycles. The van der Waals surface area contributed by atoms with Crippen molar-refractivity contribution in [2.24, 2.45) is 4.99 Å². The first-order chi connectivity index (χ1) is 13.6. The Morgan fingerprint density at radius 2 is 2.11 bits per heavy atom. The van der Waals surface area contributed by atoms with E-state index < -0.39 is 5.60 Å². The van der Waals surface area contributed by atoms with Gasteiger partial charge in [0.25, 0.3) is 0 Å². The first kappa shape index (κ1) is 21.5. The monoisotopic (exact) mass is 409 g/mol. The first-order valence-electron chi connectivity index (χ1n) is 10.4. The highest BCUT2D eigenvalue weighted by Crippen LogP contribution is 2.23. The molecule has 8 heteroatoms. The molecule has 1 aromatic heterocycles. The molecule has 3 rings (SSSR count). The third kappa shape index (κ3) is 6.70. The number of hydrogen-bond donors (Lipinski definition) is 3. The summed E-state index contributed by atoms with van der Waals surface area (Å²) in [7, 11) is 0. The molecule has 3 heterocycles. The normalized spacial score (nSPS) is 21.2. The zero-order valence-electron chi connectivity index (χ0n) is 17.2. The molecule has 1 fully saturated rings. The third-order valence-corrected chi connectivity index (χ3v) is 6.22. The number of rotatable bonds is 8. The molecule has 2 aliphatic heterocycles. The number of morpholine rings is 1. The van der Waals surface area contributed by atoms with Gasteiger partial charge in [-0.3, -0.25) is 14.8 Å². The average Bonchev–Trinajstić information content (AvgIpc) is 3.14. The van der Waals surface area contributed by atoms with Crippen LogP contribution < -0.4 is 10.6 Å². The van der Waals surface area contributed by atoms with Crippen LogP contribution in [0.15, 0.2) is 16.4 Å². The van der Waals surface area contributed by atoms with Crippen LogP contribution in [0.5, 0.6) is 0 Å². The molecule has 1 aromatic rings. The molecule has 3 N–H and O–H groups in total. The van der Waals surface area contributed by atoms with Gasteiger partial charge >= 0.3 is 0 Å². The van der Waals surface area contributed by atoms with E-state index in [4.69, 9.17) is 4.74 Å². The second-order valence-corrected chi connectivity index (χ2v) is 8.90. The molecule has 0 aliphatic carbocycles. The molecule has 7 nitrogen and oxygen atoms in total. The SMILES string of the molecule is CCNC(=NCC(C)(O)CN1CCOCC1)NCCN1CCc2sccc2C1. The van der Waals surface area contributed by atoms with Gasteiger partial charge in [0.1, 0.15) is 0 Å². The Balaban J connectivity index is 1.43. The number of hydrogen-bond acceptors (Lipinski definition) is 6. The van der Waals surface area contributed by atoms with E-state index in [0.717, 1.165) is 71.4 Å². The zero-order chi connectivity index (χ0) is 19.8. The molecule has 0 radical (unpaired) electrons. The topological polar surface area (TPSA) is 72.4 Å². The van der Waals surface area contributed by atoms with E-state index in [1.165, 1.54) is 5.56 Å². The summed E-state index contributed by atoms with van der Waals surface area (Å²) < 4.78 is 5.38. The molecule has 1 unspecified atom stereocenters. The quantitative estimate of drug-likeness (QED) is 0.435. The van der Waals surface area contributed by atoms with Crippen molar-refractivity contribution in [3.8, 4) is 0 Å². The summed E-state index contributed by atoms with van der Waals surface area (Å²) >= 11 is 1.88. The summed E-state index contributed by atoms with van der Waals surface area (Å²) in [6, 6.07) is 2.25. The van der Waals surface area contributed by atoms with E-state index in [0.29, 0.717) is 13.1 Å². The maximum absolute atomic E-state index is 10.7. The van der Waals surface area contributed by atoms with Gasteiger partial charge in [0.15, 0.2) is 5.96 Å². The van der Waals surface area contributed by atoms with Gasteiger partial charge in [-0.1, -0.05) is 0 Å². The van der Waals surface area contributed by atoms with Crippen molar-refractivity contribution in [1.82, 2.24) is 20.4 Å². The van der Waals surface area contributed by atoms with Crippen LogP contribution in [0, 0.1) is 0 Å². The summed E-state index contributed by atoms with van der Waals surface area (Å²) in [4.78, 5) is 10.9. The third-order valence-electron chi connectivity index (χ3n) is 5.20. The van der Waals surface area contributed by atoms with Crippen LogP contribution in [0.25, 0.3) is 0 Å². The van der Waals surface area contributed by atoms with Gasteiger partial charge in [0.05, 0.1) is 25.4 Å². The Labute approximate surface area is 172 Å². The van der Waals surface area contributed by atoms with E-state index in [9.17, 15) is 5.11 Å². The minimum atomic E-state index is -0.845. The Morgan fingerprint density at radius 1 is 1.29 bits per heavy atom. The average molecular weight is 410 g/mol. The lowest BCUT2D eigenvalue weighted by Gasteiger charge is -2.33. The molecule has 28 heavy (non-hydrogen) atoms. The van der Waals surface area contributed by atoms with Gasteiger partial charge in [-0.25, -0.2) is 0 Å². The van der Waals surface area contributed by atoms with Crippen LogP contribution in [-0.2, 0) is 17.7 Å². The molecule has 2 aliphatic rings. The molecule has 158 valence electrons. The molecule has 1 atom stereocenters. The smallest absolute Gasteiger partial charge is 0.191 e. The van der Waals surface area contributed by atoms with Crippen molar-refractivity contribution in [2.75, 3.05) is 65.6 Å². The lowest BCUT2D eigenvalue weighted by Crippen LogP contribution is -2.48. The Bertz CT molecular complexity index is 628. The molecule has 0 bridgehead atoms. The molecular formula is C20H35N5O2S. The number of nitrogens with one attached hydrogen (secondary N) is 2. The predicted molar refractivity (Wildman–Crippen MR) is 115 cm³/mol. The second-order valence-electron chi connectivity index (χ2n) is 7.90. The molecule has 0 aromatic carbocycles. The Hall–Kier alpha value is -1.19. The van der Waals surface area contributed by atoms with Gasteiger partial charge < -0.3 is 20.5 Å². The van der Waals surface area contributed by atoms with E-state index >= 15 is 0 Å². The number of β-amino-alcohol motifs (C(OH)–C–C–N with tert-alkyl or cyclic N) is 1.